The number of piperidine rings is 1. The second kappa shape index (κ2) is 6.50. The number of aromatic nitrogens is 7. The van der Waals surface area contributed by atoms with Crippen molar-refractivity contribution in [3.8, 4) is 0 Å². The van der Waals surface area contributed by atoms with E-state index in [0.717, 1.165) is 12.8 Å². The molecule has 0 radical (unpaired) electrons. The summed E-state index contributed by atoms with van der Waals surface area (Å²) in [6.07, 6.45) is 2.97. The van der Waals surface area contributed by atoms with Crippen LogP contribution in [0.1, 0.15) is 35.1 Å². The fourth-order valence-corrected chi connectivity index (χ4v) is 2.54. The molecule has 1 N–H and O–H groups in total. The number of amides is 1. The quantitative estimate of drug-likeness (QED) is 0.708. The standard InChI is InChI=1S/C12H16N8O3/c1-23-12(22)9-6-20(18-13-9)7-10(21)19-4-2-8(3-5-19)11-14-16-17-15-11/h6,8H,2-5,7H2,1H3,(H,14,15,16,17). The zero-order valence-corrected chi connectivity index (χ0v) is 12.5. The third-order valence-electron chi connectivity index (χ3n) is 3.80. The zero-order chi connectivity index (χ0) is 16.2. The number of nitrogens with one attached hydrogen (secondary N) is 1. The van der Waals surface area contributed by atoms with Gasteiger partial charge >= 0.3 is 5.97 Å². The molecule has 11 heteroatoms. The number of hydrogen-bond acceptors (Lipinski definition) is 8. The normalized spacial score (nSPS) is 15.6. The molecule has 0 unspecified atom stereocenters. The van der Waals surface area contributed by atoms with Crippen molar-refractivity contribution in [1.29, 1.82) is 0 Å². The van der Waals surface area contributed by atoms with Crippen LogP contribution in [0.2, 0.25) is 0 Å². The highest BCUT2D eigenvalue weighted by Gasteiger charge is 2.26. The van der Waals surface area contributed by atoms with E-state index in [1.165, 1.54) is 18.0 Å². The van der Waals surface area contributed by atoms with Crippen molar-refractivity contribution in [2.24, 2.45) is 0 Å². The van der Waals surface area contributed by atoms with Crippen LogP contribution < -0.4 is 0 Å². The van der Waals surface area contributed by atoms with Gasteiger partial charge in [-0.15, -0.1) is 15.3 Å². The number of carbonyl (C=O) groups excluding carboxylic acids is 2. The largest absolute Gasteiger partial charge is 0.464 e. The smallest absolute Gasteiger partial charge is 0.360 e. The molecule has 1 amide bonds. The van der Waals surface area contributed by atoms with Crippen molar-refractivity contribution >= 4 is 11.9 Å². The highest BCUT2D eigenvalue weighted by Crippen LogP contribution is 2.24. The molecule has 2 aromatic rings. The molecule has 2 aromatic heterocycles. The average molecular weight is 320 g/mol. The summed E-state index contributed by atoms with van der Waals surface area (Å²) in [6.45, 7) is 1.28. The second-order valence-electron chi connectivity index (χ2n) is 5.22. The van der Waals surface area contributed by atoms with Crippen LogP contribution in [0.4, 0.5) is 0 Å². The highest BCUT2D eigenvalue weighted by atomic mass is 16.5. The number of nitrogens with zero attached hydrogens (tertiary/aromatic N) is 7. The van der Waals surface area contributed by atoms with Gasteiger partial charge in [0.25, 0.3) is 0 Å². The van der Waals surface area contributed by atoms with Crippen molar-refractivity contribution in [2.45, 2.75) is 25.3 Å². The fourth-order valence-electron chi connectivity index (χ4n) is 2.54. The van der Waals surface area contributed by atoms with Crippen molar-refractivity contribution < 1.29 is 14.3 Å². The van der Waals surface area contributed by atoms with Crippen LogP contribution in [0.5, 0.6) is 0 Å². The molecular formula is C12H16N8O3. The second-order valence-corrected chi connectivity index (χ2v) is 5.22. The van der Waals surface area contributed by atoms with Gasteiger partial charge in [-0.2, -0.15) is 5.21 Å². The van der Waals surface area contributed by atoms with E-state index in [1.54, 1.807) is 4.90 Å². The van der Waals surface area contributed by atoms with Crippen molar-refractivity contribution in [3.63, 3.8) is 0 Å². The maximum absolute atomic E-state index is 12.3. The summed E-state index contributed by atoms with van der Waals surface area (Å²) < 4.78 is 5.88. The minimum Gasteiger partial charge on any atom is -0.464 e. The Morgan fingerprint density at radius 3 is 2.78 bits per heavy atom. The molecule has 0 aliphatic carbocycles. The third-order valence-corrected chi connectivity index (χ3v) is 3.80. The molecule has 0 spiro atoms. The van der Waals surface area contributed by atoms with E-state index < -0.39 is 5.97 Å². The predicted octanol–water partition coefficient (Wildman–Crippen LogP) is -1.02. The minimum absolute atomic E-state index is 0.0386. The van der Waals surface area contributed by atoms with Gasteiger partial charge in [-0.3, -0.25) is 4.79 Å². The molecule has 0 bridgehead atoms. The van der Waals surface area contributed by atoms with Crippen LogP contribution >= 0.6 is 0 Å². The Morgan fingerprint density at radius 1 is 1.35 bits per heavy atom. The number of tetrazole rings is 1. The van der Waals surface area contributed by atoms with E-state index >= 15 is 0 Å². The van der Waals surface area contributed by atoms with Gasteiger partial charge in [0.05, 0.1) is 13.3 Å². The van der Waals surface area contributed by atoms with E-state index in [1.807, 2.05) is 0 Å². The van der Waals surface area contributed by atoms with Crippen molar-refractivity contribution in [2.75, 3.05) is 20.2 Å². The molecule has 1 fully saturated rings. The number of hydrogen-bond donors (Lipinski definition) is 1. The van der Waals surface area contributed by atoms with Crippen LogP contribution in [0, 0.1) is 0 Å². The van der Waals surface area contributed by atoms with Crippen LogP contribution in [0.25, 0.3) is 0 Å². The Hall–Kier alpha value is -2.85. The van der Waals surface area contributed by atoms with Crippen molar-refractivity contribution in [1.82, 2.24) is 40.5 Å². The number of likely N-dealkylation sites (tertiary alicyclic amines) is 1. The lowest BCUT2D eigenvalue weighted by Crippen LogP contribution is -2.40. The summed E-state index contributed by atoms with van der Waals surface area (Å²) in [5.41, 5.74) is 0.0797. The Labute approximate surface area is 131 Å². The molecule has 0 saturated carbocycles. The van der Waals surface area contributed by atoms with E-state index in [9.17, 15) is 9.59 Å². The number of carbonyl (C=O) groups is 2. The first-order valence-electron chi connectivity index (χ1n) is 7.17. The molecule has 122 valence electrons. The first kappa shape index (κ1) is 15.1. The highest BCUT2D eigenvalue weighted by molar-refractivity contribution is 5.86. The minimum atomic E-state index is -0.579. The predicted molar refractivity (Wildman–Crippen MR) is 74.1 cm³/mol. The fraction of sp³-hybridized carbons (Fsp3) is 0.583. The molecule has 1 aliphatic heterocycles. The number of esters is 1. The number of H-pyrrole nitrogens is 1. The number of methoxy groups -OCH3 is 1. The SMILES string of the molecule is COC(=O)c1cn(CC(=O)N2CCC(c3nn[nH]n3)CC2)nn1. The van der Waals surface area contributed by atoms with Gasteiger partial charge in [0.2, 0.25) is 5.91 Å². The topological polar surface area (TPSA) is 132 Å². The van der Waals surface area contributed by atoms with Crippen LogP contribution in [0.15, 0.2) is 6.20 Å². The first-order valence-corrected chi connectivity index (χ1v) is 7.17. The summed E-state index contributed by atoms with van der Waals surface area (Å²) in [5.74, 6) is 0.258. The van der Waals surface area contributed by atoms with Crippen LogP contribution in [0.3, 0.4) is 0 Å². The molecule has 0 atom stereocenters. The molecule has 1 saturated heterocycles. The van der Waals surface area contributed by atoms with Gasteiger partial charge < -0.3 is 9.64 Å². The average Bonchev–Trinajstić information content (AvgIpc) is 3.26. The zero-order valence-electron chi connectivity index (χ0n) is 12.5. The number of rotatable bonds is 4. The molecule has 0 aromatic carbocycles. The first-order chi connectivity index (χ1) is 11.2. The van der Waals surface area contributed by atoms with Gasteiger partial charge in [-0.1, -0.05) is 10.4 Å². The van der Waals surface area contributed by atoms with Gasteiger partial charge in [0.15, 0.2) is 11.5 Å². The molecule has 11 nitrogen and oxygen atoms in total. The monoisotopic (exact) mass is 320 g/mol. The maximum atomic E-state index is 12.3. The van der Waals surface area contributed by atoms with Gasteiger partial charge in [-0.25, -0.2) is 9.48 Å². The molecule has 3 rings (SSSR count). The molecule has 1 aliphatic rings. The van der Waals surface area contributed by atoms with Crippen LogP contribution in [-0.2, 0) is 16.1 Å². The van der Waals surface area contributed by atoms with E-state index in [0.29, 0.717) is 18.9 Å². The van der Waals surface area contributed by atoms with E-state index in [-0.39, 0.29) is 24.1 Å². The molecule has 23 heavy (non-hydrogen) atoms. The Kier molecular flexibility index (Phi) is 4.26. The van der Waals surface area contributed by atoms with E-state index in [4.69, 9.17) is 0 Å². The molecule has 3 heterocycles. The summed E-state index contributed by atoms with van der Waals surface area (Å²) in [5, 5.41) is 21.4. The maximum Gasteiger partial charge on any atom is 0.360 e. The van der Waals surface area contributed by atoms with Gasteiger partial charge in [0, 0.05) is 19.0 Å². The lowest BCUT2D eigenvalue weighted by molar-refractivity contribution is -0.133. The number of ether oxygens (including phenoxy) is 1. The van der Waals surface area contributed by atoms with Crippen LogP contribution in [-0.4, -0.2) is 72.6 Å². The summed E-state index contributed by atoms with van der Waals surface area (Å²) in [7, 11) is 1.26. The summed E-state index contributed by atoms with van der Waals surface area (Å²) >= 11 is 0. The molecular weight excluding hydrogens is 304 g/mol. The summed E-state index contributed by atoms with van der Waals surface area (Å²) in [6, 6.07) is 0. The Morgan fingerprint density at radius 2 is 2.13 bits per heavy atom. The third kappa shape index (κ3) is 3.33. The Bertz CT molecular complexity index is 674. The van der Waals surface area contributed by atoms with Crippen molar-refractivity contribution in [3.05, 3.63) is 17.7 Å². The lowest BCUT2D eigenvalue weighted by Gasteiger charge is -2.30. The van der Waals surface area contributed by atoms with E-state index in [2.05, 4.69) is 35.7 Å². The Balaban J connectivity index is 1.53. The number of aromatic amines is 1. The summed E-state index contributed by atoms with van der Waals surface area (Å²) in [4.78, 5) is 25.4. The van der Waals surface area contributed by atoms with Gasteiger partial charge in [0.1, 0.15) is 6.54 Å². The van der Waals surface area contributed by atoms with Gasteiger partial charge in [-0.05, 0) is 12.8 Å². The lowest BCUT2D eigenvalue weighted by atomic mass is 9.96.